The first-order valence-electron chi connectivity index (χ1n) is 7.26. The summed E-state index contributed by atoms with van der Waals surface area (Å²) in [7, 11) is 1.72. The molecule has 3 heteroatoms. The average Bonchev–Trinajstić information content (AvgIpc) is 2.70. The summed E-state index contributed by atoms with van der Waals surface area (Å²) < 4.78 is 5.20. The molecular formula is C16H24BrNO. The van der Waals surface area contributed by atoms with Crippen LogP contribution in [0.25, 0.3) is 0 Å². The van der Waals surface area contributed by atoms with E-state index in [-0.39, 0.29) is 0 Å². The molecule has 106 valence electrons. The van der Waals surface area contributed by atoms with E-state index in [0.717, 1.165) is 23.5 Å². The Morgan fingerprint density at radius 2 is 2.00 bits per heavy atom. The van der Waals surface area contributed by atoms with Crippen molar-refractivity contribution >= 4 is 15.9 Å². The Bertz CT molecular complexity index is 366. The fourth-order valence-electron chi connectivity index (χ4n) is 2.77. The molecule has 0 saturated carbocycles. The Labute approximate surface area is 125 Å². The maximum absolute atomic E-state index is 5.20. The van der Waals surface area contributed by atoms with Crippen LogP contribution in [0.3, 0.4) is 0 Å². The minimum absolute atomic E-state index is 0.723. The van der Waals surface area contributed by atoms with Crippen LogP contribution in [0.2, 0.25) is 0 Å². The quantitative estimate of drug-likeness (QED) is 0.762. The highest BCUT2D eigenvalue weighted by Crippen LogP contribution is 2.19. The third-order valence-electron chi connectivity index (χ3n) is 4.02. The van der Waals surface area contributed by atoms with Crippen molar-refractivity contribution in [2.75, 3.05) is 25.5 Å². The maximum Gasteiger partial charge on any atom is 0.118 e. The lowest BCUT2D eigenvalue weighted by Gasteiger charge is -2.28. The summed E-state index contributed by atoms with van der Waals surface area (Å²) in [5.74, 6) is 0.942. The Hall–Kier alpha value is -0.540. The summed E-state index contributed by atoms with van der Waals surface area (Å²) in [6.45, 7) is 2.43. The van der Waals surface area contributed by atoms with Crippen molar-refractivity contribution in [2.45, 2.75) is 38.1 Å². The van der Waals surface area contributed by atoms with Crippen molar-refractivity contribution in [3.8, 4) is 5.75 Å². The molecule has 0 amide bonds. The molecule has 2 nitrogen and oxygen atoms in total. The van der Waals surface area contributed by atoms with E-state index in [1.807, 2.05) is 0 Å². The number of alkyl halides is 1. The molecule has 1 heterocycles. The van der Waals surface area contributed by atoms with Gasteiger partial charge in [-0.05, 0) is 43.5 Å². The standard InChI is InChI=1S/C16H24BrNO/c1-19-16-8-6-14(7-9-16)10-12-18-11-4-2-3-5-15(18)13-17/h6-9,15H,2-5,10-13H2,1H3. The third kappa shape index (κ3) is 4.50. The van der Waals surface area contributed by atoms with Crippen molar-refractivity contribution < 1.29 is 4.74 Å². The zero-order valence-electron chi connectivity index (χ0n) is 11.8. The molecular weight excluding hydrogens is 302 g/mol. The van der Waals surface area contributed by atoms with Gasteiger partial charge in [0, 0.05) is 17.9 Å². The van der Waals surface area contributed by atoms with E-state index in [9.17, 15) is 0 Å². The average molecular weight is 326 g/mol. The normalized spacial score (nSPS) is 21.1. The number of rotatable bonds is 5. The molecule has 0 N–H and O–H groups in total. The maximum atomic E-state index is 5.20. The molecule has 0 aliphatic carbocycles. The monoisotopic (exact) mass is 325 g/mol. The number of hydrogen-bond donors (Lipinski definition) is 0. The molecule has 1 aromatic rings. The first kappa shape index (κ1) is 14.9. The van der Waals surface area contributed by atoms with Gasteiger partial charge in [0.25, 0.3) is 0 Å². The van der Waals surface area contributed by atoms with Crippen LogP contribution in [-0.4, -0.2) is 36.5 Å². The number of methoxy groups -OCH3 is 1. The van der Waals surface area contributed by atoms with Crippen molar-refractivity contribution in [2.24, 2.45) is 0 Å². The minimum atomic E-state index is 0.723. The third-order valence-corrected chi connectivity index (χ3v) is 4.77. The Morgan fingerprint density at radius 3 is 2.68 bits per heavy atom. The summed E-state index contributed by atoms with van der Waals surface area (Å²) in [5, 5.41) is 1.11. The SMILES string of the molecule is COc1ccc(CCN2CCCCCC2CBr)cc1. The number of nitrogens with zero attached hydrogens (tertiary/aromatic N) is 1. The second-order valence-electron chi connectivity index (χ2n) is 5.29. The van der Waals surface area contributed by atoms with Crippen LogP contribution in [0, 0.1) is 0 Å². The fourth-order valence-corrected chi connectivity index (χ4v) is 3.50. The lowest BCUT2D eigenvalue weighted by Crippen LogP contribution is -2.37. The van der Waals surface area contributed by atoms with E-state index in [2.05, 4.69) is 45.1 Å². The molecule has 1 atom stereocenters. The van der Waals surface area contributed by atoms with Gasteiger partial charge in [0.2, 0.25) is 0 Å². The van der Waals surface area contributed by atoms with Gasteiger partial charge < -0.3 is 4.74 Å². The van der Waals surface area contributed by atoms with E-state index in [1.54, 1.807) is 7.11 Å². The van der Waals surface area contributed by atoms with Gasteiger partial charge in [-0.15, -0.1) is 0 Å². The predicted octanol–water partition coefficient (Wildman–Crippen LogP) is 3.88. The minimum Gasteiger partial charge on any atom is -0.497 e. The molecule has 1 aliphatic heterocycles. The van der Waals surface area contributed by atoms with Gasteiger partial charge in [-0.3, -0.25) is 4.90 Å². The number of benzene rings is 1. The van der Waals surface area contributed by atoms with E-state index < -0.39 is 0 Å². The van der Waals surface area contributed by atoms with E-state index >= 15 is 0 Å². The number of ether oxygens (including phenoxy) is 1. The summed E-state index contributed by atoms with van der Waals surface area (Å²) in [4.78, 5) is 2.66. The molecule has 19 heavy (non-hydrogen) atoms. The van der Waals surface area contributed by atoms with Gasteiger partial charge in [0.15, 0.2) is 0 Å². The smallest absolute Gasteiger partial charge is 0.118 e. The zero-order chi connectivity index (χ0) is 13.5. The Kier molecular flexibility index (Phi) is 6.18. The van der Waals surface area contributed by atoms with E-state index in [0.29, 0.717) is 0 Å². The second kappa shape index (κ2) is 7.91. The van der Waals surface area contributed by atoms with Gasteiger partial charge in [0.05, 0.1) is 7.11 Å². The number of hydrogen-bond acceptors (Lipinski definition) is 2. The van der Waals surface area contributed by atoms with Crippen LogP contribution in [0.15, 0.2) is 24.3 Å². The van der Waals surface area contributed by atoms with E-state index in [4.69, 9.17) is 4.74 Å². The molecule has 1 saturated heterocycles. The highest BCUT2D eigenvalue weighted by atomic mass is 79.9. The summed E-state index contributed by atoms with van der Waals surface area (Å²) in [5.41, 5.74) is 1.40. The lowest BCUT2D eigenvalue weighted by molar-refractivity contribution is 0.221. The van der Waals surface area contributed by atoms with Crippen LogP contribution < -0.4 is 4.74 Å². The molecule has 0 bridgehead atoms. The van der Waals surface area contributed by atoms with Gasteiger partial charge in [-0.25, -0.2) is 0 Å². The first-order chi connectivity index (χ1) is 9.33. The molecule has 0 radical (unpaired) electrons. The van der Waals surface area contributed by atoms with Crippen LogP contribution >= 0.6 is 15.9 Å². The van der Waals surface area contributed by atoms with Crippen molar-refractivity contribution in [3.05, 3.63) is 29.8 Å². The molecule has 1 aromatic carbocycles. The van der Waals surface area contributed by atoms with Crippen molar-refractivity contribution in [1.82, 2.24) is 4.90 Å². The van der Waals surface area contributed by atoms with Gasteiger partial charge >= 0.3 is 0 Å². The highest BCUT2D eigenvalue weighted by Gasteiger charge is 2.19. The molecule has 0 aromatic heterocycles. The highest BCUT2D eigenvalue weighted by molar-refractivity contribution is 9.09. The number of likely N-dealkylation sites (tertiary alicyclic amines) is 1. The molecule has 0 spiro atoms. The molecule has 1 unspecified atom stereocenters. The van der Waals surface area contributed by atoms with Gasteiger partial charge in [-0.1, -0.05) is 40.9 Å². The van der Waals surface area contributed by atoms with Crippen molar-refractivity contribution in [3.63, 3.8) is 0 Å². The molecule has 1 fully saturated rings. The van der Waals surface area contributed by atoms with Gasteiger partial charge in [0.1, 0.15) is 5.75 Å². The molecule has 1 aliphatic rings. The Balaban J connectivity index is 1.88. The fraction of sp³-hybridized carbons (Fsp3) is 0.625. The zero-order valence-corrected chi connectivity index (χ0v) is 13.4. The van der Waals surface area contributed by atoms with Crippen molar-refractivity contribution in [1.29, 1.82) is 0 Å². The van der Waals surface area contributed by atoms with Crippen LogP contribution in [0.1, 0.15) is 31.2 Å². The summed E-state index contributed by atoms with van der Waals surface area (Å²) >= 11 is 3.67. The van der Waals surface area contributed by atoms with E-state index in [1.165, 1.54) is 44.3 Å². The Morgan fingerprint density at radius 1 is 1.21 bits per heavy atom. The summed E-state index contributed by atoms with van der Waals surface area (Å²) in [6.07, 6.45) is 6.60. The van der Waals surface area contributed by atoms with Crippen LogP contribution in [0.5, 0.6) is 5.75 Å². The summed E-state index contributed by atoms with van der Waals surface area (Å²) in [6, 6.07) is 9.19. The van der Waals surface area contributed by atoms with Crippen LogP contribution in [-0.2, 0) is 6.42 Å². The van der Waals surface area contributed by atoms with Crippen LogP contribution in [0.4, 0.5) is 0 Å². The first-order valence-corrected chi connectivity index (χ1v) is 8.38. The number of halogens is 1. The molecule has 2 rings (SSSR count). The topological polar surface area (TPSA) is 12.5 Å². The predicted molar refractivity (Wildman–Crippen MR) is 84.3 cm³/mol. The lowest BCUT2D eigenvalue weighted by atomic mass is 10.1. The largest absolute Gasteiger partial charge is 0.497 e. The second-order valence-corrected chi connectivity index (χ2v) is 5.94. The van der Waals surface area contributed by atoms with Gasteiger partial charge in [-0.2, -0.15) is 0 Å².